The molecule has 0 spiro atoms. The van der Waals surface area contributed by atoms with Gasteiger partial charge in [-0.2, -0.15) is 0 Å². The molecule has 0 bridgehead atoms. The van der Waals surface area contributed by atoms with E-state index in [1.165, 1.54) is 12.5 Å². The van der Waals surface area contributed by atoms with Crippen LogP contribution in [0.4, 0.5) is 4.39 Å². The fraction of sp³-hybridized carbons (Fsp3) is 0.588. The van der Waals surface area contributed by atoms with Crippen molar-refractivity contribution in [2.75, 3.05) is 13.1 Å². The molecule has 2 aliphatic rings. The van der Waals surface area contributed by atoms with Gasteiger partial charge in [-0.1, -0.05) is 12.1 Å². The number of benzene rings is 1. The molecule has 2 fully saturated rings. The van der Waals surface area contributed by atoms with E-state index in [1.54, 1.807) is 19.1 Å². The quantitative estimate of drug-likeness (QED) is 0.854. The fourth-order valence-electron chi connectivity index (χ4n) is 3.94. The van der Waals surface area contributed by atoms with E-state index in [0.717, 1.165) is 44.5 Å². The van der Waals surface area contributed by atoms with Gasteiger partial charge in [0.25, 0.3) is 0 Å². The molecule has 1 aromatic rings. The SMILES string of the molecule is CC(=O)N1CCC[C@@H]1[C@H]1CCCN1Cc1cccc(F)c1. The Bertz CT molecular complexity index is 519. The summed E-state index contributed by atoms with van der Waals surface area (Å²) < 4.78 is 13.3. The first kappa shape index (κ1) is 14.5. The van der Waals surface area contributed by atoms with E-state index >= 15 is 0 Å². The number of likely N-dealkylation sites (tertiary alicyclic amines) is 2. The Balaban J connectivity index is 1.72. The fourth-order valence-corrected chi connectivity index (χ4v) is 3.94. The van der Waals surface area contributed by atoms with Crippen molar-refractivity contribution in [1.82, 2.24) is 9.80 Å². The van der Waals surface area contributed by atoms with Gasteiger partial charge in [0.05, 0.1) is 0 Å². The molecule has 3 nitrogen and oxygen atoms in total. The van der Waals surface area contributed by atoms with Gasteiger partial charge in [-0.3, -0.25) is 9.69 Å². The number of amides is 1. The number of hydrogen-bond donors (Lipinski definition) is 0. The van der Waals surface area contributed by atoms with Crippen molar-refractivity contribution in [1.29, 1.82) is 0 Å². The molecule has 3 rings (SSSR count). The van der Waals surface area contributed by atoms with E-state index in [9.17, 15) is 9.18 Å². The van der Waals surface area contributed by atoms with E-state index in [1.807, 2.05) is 11.0 Å². The Morgan fingerprint density at radius 3 is 2.76 bits per heavy atom. The lowest BCUT2D eigenvalue weighted by Crippen LogP contribution is -2.47. The van der Waals surface area contributed by atoms with Gasteiger partial charge >= 0.3 is 0 Å². The maximum Gasteiger partial charge on any atom is 0.219 e. The third kappa shape index (κ3) is 3.10. The third-order valence-corrected chi connectivity index (χ3v) is 4.84. The van der Waals surface area contributed by atoms with Crippen LogP contribution in [-0.2, 0) is 11.3 Å². The summed E-state index contributed by atoms with van der Waals surface area (Å²) in [5, 5.41) is 0. The van der Waals surface area contributed by atoms with E-state index in [2.05, 4.69) is 4.90 Å². The van der Waals surface area contributed by atoms with Crippen molar-refractivity contribution in [3.63, 3.8) is 0 Å². The zero-order chi connectivity index (χ0) is 14.8. The Labute approximate surface area is 125 Å². The maximum atomic E-state index is 13.3. The van der Waals surface area contributed by atoms with Gasteiger partial charge in [-0.15, -0.1) is 0 Å². The van der Waals surface area contributed by atoms with Gasteiger partial charge in [-0.05, 0) is 49.9 Å². The molecule has 2 aliphatic heterocycles. The van der Waals surface area contributed by atoms with Crippen LogP contribution in [0.3, 0.4) is 0 Å². The first-order chi connectivity index (χ1) is 10.1. The summed E-state index contributed by atoms with van der Waals surface area (Å²) in [6.07, 6.45) is 4.52. The molecular formula is C17H23FN2O. The Hall–Kier alpha value is -1.42. The molecule has 1 aromatic carbocycles. The summed E-state index contributed by atoms with van der Waals surface area (Å²) in [7, 11) is 0. The number of rotatable bonds is 3. The molecule has 114 valence electrons. The highest BCUT2D eigenvalue weighted by Gasteiger charge is 2.38. The Morgan fingerprint density at radius 2 is 2.00 bits per heavy atom. The van der Waals surface area contributed by atoms with E-state index < -0.39 is 0 Å². The topological polar surface area (TPSA) is 23.6 Å². The van der Waals surface area contributed by atoms with Gasteiger partial charge in [0.15, 0.2) is 0 Å². The van der Waals surface area contributed by atoms with Crippen LogP contribution >= 0.6 is 0 Å². The molecule has 2 saturated heterocycles. The van der Waals surface area contributed by atoms with E-state index in [-0.39, 0.29) is 11.7 Å². The monoisotopic (exact) mass is 290 g/mol. The number of nitrogens with zero attached hydrogens (tertiary/aromatic N) is 2. The largest absolute Gasteiger partial charge is 0.338 e. The van der Waals surface area contributed by atoms with Crippen molar-refractivity contribution >= 4 is 5.91 Å². The minimum atomic E-state index is -0.172. The predicted octanol–water partition coefficient (Wildman–Crippen LogP) is 2.80. The van der Waals surface area contributed by atoms with E-state index in [4.69, 9.17) is 0 Å². The van der Waals surface area contributed by atoms with Crippen molar-refractivity contribution in [3.8, 4) is 0 Å². The molecule has 0 aromatic heterocycles. The van der Waals surface area contributed by atoms with Crippen molar-refractivity contribution in [3.05, 3.63) is 35.6 Å². The molecule has 0 saturated carbocycles. The Kier molecular flexibility index (Phi) is 4.24. The second-order valence-corrected chi connectivity index (χ2v) is 6.23. The highest BCUT2D eigenvalue weighted by Crippen LogP contribution is 2.31. The van der Waals surface area contributed by atoms with Crippen molar-refractivity contribution in [2.45, 2.75) is 51.2 Å². The van der Waals surface area contributed by atoms with Crippen LogP contribution in [-0.4, -0.2) is 40.9 Å². The lowest BCUT2D eigenvalue weighted by molar-refractivity contribution is -0.130. The first-order valence-corrected chi connectivity index (χ1v) is 7.91. The van der Waals surface area contributed by atoms with Gasteiger partial charge in [0.1, 0.15) is 5.82 Å². The number of carbonyl (C=O) groups excluding carboxylic acids is 1. The summed E-state index contributed by atoms with van der Waals surface area (Å²) in [6.45, 7) is 4.39. The van der Waals surface area contributed by atoms with Gasteiger partial charge in [-0.25, -0.2) is 4.39 Å². The molecule has 2 heterocycles. The van der Waals surface area contributed by atoms with Gasteiger partial charge in [0.2, 0.25) is 5.91 Å². The minimum Gasteiger partial charge on any atom is -0.338 e. The lowest BCUT2D eigenvalue weighted by Gasteiger charge is -2.34. The third-order valence-electron chi connectivity index (χ3n) is 4.84. The maximum absolute atomic E-state index is 13.3. The van der Waals surface area contributed by atoms with Crippen LogP contribution in [0.15, 0.2) is 24.3 Å². The molecular weight excluding hydrogens is 267 g/mol. The highest BCUT2D eigenvalue weighted by molar-refractivity contribution is 5.74. The van der Waals surface area contributed by atoms with Crippen LogP contribution in [0.1, 0.15) is 38.2 Å². The van der Waals surface area contributed by atoms with Crippen LogP contribution in [0, 0.1) is 5.82 Å². The molecule has 0 radical (unpaired) electrons. The predicted molar refractivity (Wildman–Crippen MR) is 80.2 cm³/mol. The van der Waals surface area contributed by atoms with Crippen LogP contribution < -0.4 is 0 Å². The normalized spacial score (nSPS) is 26.5. The summed E-state index contributed by atoms with van der Waals surface area (Å²) in [4.78, 5) is 16.2. The molecule has 1 amide bonds. The summed E-state index contributed by atoms with van der Waals surface area (Å²) >= 11 is 0. The van der Waals surface area contributed by atoms with Crippen molar-refractivity contribution < 1.29 is 9.18 Å². The number of carbonyl (C=O) groups is 1. The molecule has 4 heteroatoms. The molecule has 0 aliphatic carbocycles. The molecule has 0 N–H and O–H groups in total. The highest BCUT2D eigenvalue weighted by atomic mass is 19.1. The molecule has 2 atom stereocenters. The summed E-state index contributed by atoms with van der Waals surface area (Å²) in [5.41, 5.74) is 1.02. The molecule has 21 heavy (non-hydrogen) atoms. The number of hydrogen-bond acceptors (Lipinski definition) is 2. The number of halogens is 1. The van der Waals surface area contributed by atoms with Crippen molar-refractivity contribution in [2.24, 2.45) is 0 Å². The van der Waals surface area contributed by atoms with E-state index in [0.29, 0.717) is 12.1 Å². The first-order valence-electron chi connectivity index (χ1n) is 7.91. The zero-order valence-electron chi connectivity index (χ0n) is 12.6. The van der Waals surface area contributed by atoms with Crippen LogP contribution in [0.5, 0.6) is 0 Å². The summed E-state index contributed by atoms with van der Waals surface area (Å²) in [6, 6.07) is 7.63. The average molecular weight is 290 g/mol. The standard InChI is InChI=1S/C17H23FN2O/c1-13(21)20-10-4-8-17(20)16-7-3-9-19(16)12-14-5-2-6-15(18)11-14/h2,5-6,11,16-17H,3-4,7-10,12H2,1H3/t16-,17-/m1/s1. The zero-order valence-corrected chi connectivity index (χ0v) is 12.6. The lowest BCUT2D eigenvalue weighted by atomic mass is 10.0. The van der Waals surface area contributed by atoms with Crippen LogP contribution in [0.25, 0.3) is 0 Å². The minimum absolute atomic E-state index is 0.172. The summed E-state index contributed by atoms with van der Waals surface area (Å²) in [5.74, 6) is 0.0181. The van der Waals surface area contributed by atoms with Gasteiger partial charge in [0, 0.05) is 32.1 Å². The van der Waals surface area contributed by atoms with Gasteiger partial charge < -0.3 is 4.90 Å². The second kappa shape index (κ2) is 6.14. The smallest absolute Gasteiger partial charge is 0.219 e. The Morgan fingerprint density at radius 1 is 1.24 bits per heavy atom. The molecule has 0 unspecified atom stereocenters. The van der Waals surface area contributed by atoms with Crippen LogP contribution in [0.2, 0.25) is 0 Å². The average Bonchev–Trinajstić information content (AvgIpc) is 3.06. The second-order valence-electron chi connectivity index (χ2n) is 6.23.